The molecule has 0 aliphatic heterocycles. The Bertz CT molecular complexity index is 1270. The van der Waals surface area contributed by atoms with Crippen LogP contribution in [0.5, 0.6) is 17.2 Å². The van der Waals surface area contributed by atoms with Gasteiger partial charge in [0.2, 0.25) is 0 Å². The van der Waals surface area contributed by atoms with E-state index in [1.807, 2.05) is 0 Å². The highest BCUT2D eigenvalue weighted by atomic mass is 32.2. The molecule has 0 amide bonds. The zero-order chi connectivity index (χ0) is 29.7. The van der Waals surface area contributed by atoms with Gasteiger partial charge in [0.05, 0.1) is 6.04 Å². The molecule has 0 heterocycles. The standard InChI is InChI=1S/C25H19F10NO3S/c26-22(27)24(31,32)39-18-8-2-5-15(11-18)21(36-13-20(37)23(28,29)30)14-4-1-6-16(10-14)38-17-7-3-9-19(12-17)40-25(33,34)35/h1-12,20-22,36-37H,13H2/t20-,21?/m1/s1. The van der Waals surface area contributed by atoms with E-state index in [2.05, 4.69) is 10.1 Å². The number of benzene rings is 3. The van der Waals surface area contributed by atoms with Crippen LogP contribution in [0.3, 0.4) is 0 Å². The quantitative estimate of drug-likeness (QED) is 0.172. The first-order chi connectivity index (χ1) is 18.5. The number of aliphatic hydroxyl groups is 1. The van der Waals surface area contributed by atoms with Crippen molar-refractivity contribution in [3.63, 3.8) is 0 Å². The molecule has 0 saturated heterocycles. The van der Waals surface area contributed by atoms with Crippen LogP contribution in [-0.2, 0) is 0 Å². The number of hydrogen-bond acceptors (Lipinski definition) is 5. The molecule has 1 unspecified atom stereocenters. The van der Waals surface area contributed by atoms with Gasteiger partial charge in [-0.25, -0.2) is 0 Å². The lowest BCUT2D eigenvalue weighted by molar-refractivity contribution is -0.253. The topological polar surface area (TPSA) is 50.7 Å². The summed E-state index contributed by atoms with van der Waals surface area (Å²) < 4.78 is 139. The van der Waals surface area contributed by atoms with Gasteiger partial charge in [0, 0.05) is 11.4 Å². The van der Waals surface area contributed by atoms with Crippen molar-refractivity contribution in [3.05, 3.63) is 83.9 Å². The molecule has 0 saturated carbocycles. The Hall–Kier alpha value is -3.17. The maximum atomic E-state index is 13.4. The first-order valence-electron chi connectivity index (χ1n) is 11.1. The van der Waals surface area contributed by atoms with Crippen molar-refractivity contribution in [2.24, 2.45) is 0 Å². The lowest BCUT2D eigenvalue weighted by Crippen LogP contribution is -2.40. The van der Waals surface area contributed by atoms with Gasteiger partial charge < -0.3 is 19.9 Å². The fourth-order valence-corrected chi connectivity index (χ4v) is 3.95. The fourth-order valence-electron chi connectivity index (χ4n) is 3.36. The summed E-state index contributed by atoms with van der Waals surface area (Å²) in [6, 6.07) is 13.6. The largest absolute Gasteiger partial charge is 0.461 e. The van der Waals surface area contributed by atoms with Crippen LogP contribution < -0.4 is 14.8 Å². The molecule has 0 aliphatic carbocycles. The molecule has 0 fully saturated rings. The van der Waals surface area contributed by atoms with Gasteiger partial charge in [0.1, 0.15) is 17.2 Å². The zero-order valence-electron chi connectivity index (χ0n) is 19.8. The number of thioether (sulfide) groups is 1. The Morgan fingerprint density at radius 1 is 0.750 bits per heavy atom. The summed E-state index contributed by atoms with van der Waals surface area (Å²) in [5.74, 6) is -0.656. The van der Waals surface area contributed by atoms with E-state index >= 15 is 0 Å². The van der Waals surface area contributed by atoms with Gasteiger partial charge >= 0.3 is 24.2 Å². The molecular formula is C25H19F10NO3S. The van der Waals surface area contributed by atoms with E-state index in [1.165, 1.54) is 48.5 Å². The van der Waals surface area contributed by atoms with E-state index in [0.717, 1.165) is 24.3 Å². The van der Waals surface area contributed by atoms with E-state index in [9.17, 15) is 49.0 Å². The number of rotatable bonds is 11. The van der Waals surface area contributed by atoms with Gasteiger partial charge in [0.15, 0.2) is 6.10 Å². The first kappa shape index (κ1) is 31.4. The first-order valence-corrected chi connectivity index (χ1v) is 11.9. The van der Waals surface area contributed by atoms with Crippen molar-refractivity contribution in [1.82, 2.24) is 5.32 Å². The highest BCUT2D eigenvalue weighted by Crippen LogP contribution is 2.39. The maximum absolute atomic E-state index is 13.4. The van der Waals surface area contributed by atoms with Gasteiger partial charge in [-0.3, -0.25) is 0 Å². The Balaban J connectivity index is 1.93. The van der Waals surface area contributed by atoms with E-state index in [4.69, 9.17) is 4.74 Å². The Labute approximate surface area is 224 Å². The summed E-state index contributed by atoms with van der Waals surface area (Å²) in [5.41, 5.74) is -4.38. The third-order valence-corrected chi connectivity index (χ3v) is 5.78. The molecule has 0 aromatic heterocycles. The molecule has 40 heavy (non-hydrogen) atoms. The monoisotopic (exact) mass is 603 g/mol. The van der Waals surface area contributed by atoms with E-state index < -0.39 is 48.7 Å². The third kappa shape index (κ3) is 9.20. The van der Waals surface area contributed by atoms with Gasteiger partial charge in [0.25, 0.3) is 0 Å². The Morgan fingerprint density at radius 2 is 1.27 bits per heavy atom. The second-order valence-electron chi connectivity index (χ2n) is 8.13. The summed E-state index contributed by atoms with van der Waals surface area (Å²) in [4.78, 5) is -0.167. The molecule has 3 aromatic rings. The summed E-state index contributed by atoms with van der Waals surface area (Å²) in [6.45, 7) is -1.05. The number of alkyl halides is 10. The van der Waals surface area contributed by atoms with Crippen molar-refractivity contribution in [3.8, 4) is 17.2 Å². The van der Waals surface area contributed by atoms with Crippen LogP contribution in [0, 0.1) is 0 Å². The number of hydrogen-bond donors (Lipinski definition) is 2. The van der Waals surface area contributed by atoms with Gasteiger partial charge in [-0.05, 0) is 65.4 Å². The van der Waals surface area contributed by atoms with Crippen molar-refractivity contribution in [2.75, 3.05) is 6.54 Å². The van der Waals surface area contributed by atoms with E-state index in [0.29, 0.717) is 0 Å². The SMILES string of the molecule is O[C@H](CNC(c1cccc(Oc2cccc(SC(F)(F)F)c2)c1)c1cccc(OC(F)(F)C(F)F)c1)C(F)(F)F. The van der Waals surface area contributed by atoms with Crippen LogP contribution in [0.15, 0.2) is 77.7 Å². The predicted molar refractivity (Wildman–Crippen MR) is 125 cm³/mol. The number of halogens is 10. The molecule has 2 N–H and O–H groups in total. The average molecular weight is 603 g/mol. The predicted octanol–water partition coefficient (Wildman–Crippen LogP) is 7.93. The maximum Gasteiger partial charge on any atom is 0.461 e. The minimum atomic E-state index is -4.99. The van der Waals surface area contributed by atoms with Crippen LogP contribution in [0.4, 0.5) is 43.9 Å². The molecule has 4 nitrogen and oxygen atoms in total. The molecule has 0 radical (unpaired) electrons. The molecule has 0 aliphatic rings. The minimum Gasteiger partial charge on any atom is -0.457 e. The lowest BCUT2D eigenvalue weighted by atomic mass is 9.98. The van der Waals surface area contributed by atoms with Crippen molar-refractivity contribution in [1.29, 1.82) is 0 Å². The summed E-state index contributed by atoms with van der Waals surface area (Å²) in [5, 5.41) is 11.9. The summed E-state index contributed by atoms with van der Waals surface area (Å²) >= 11 is -0.369. The van der Waals surface area contributed by atoms with Crippen LogP contribution in [0.2, 0.25) is 0 Å². The molecule has 3 aromatic carbocycles. The molecule has 15 heteroatoms. The lowest BCUT2D eigenvalue weighted by Gasteiger charge is -2.24. The minimum absolute atomic E-state index is 0.00216. The van der Waals surface area contributed by atoms with Crippen LogP contribution >= 0.6 is 11.8 Å². The van der Waals surface area contributed by atoms with Crippen molar-refractivity contribution in [2.45, 2.75) is 41.3 Å². The second-order valence-corrected chi connectivity index (χ2v) is 9.27. The molecule has 218 valence electrons. The Morgan fingerprint density at radius 3 is 1.82 bits per heavy atom. The van der Waals surface area contributed by atoms with Gasteiger partial charge in [-0.1, -0.05) is 30.3 Å². The number of aliphatic hydroxyl groups excluding tert-OH is 1. The van der Waals surface area contributed by atoms with Crippen LogP contribution in [0.25, 0.3) is 0 Å². The van der Waals surface area contributed by atoms with Gasteiger partial charge in [-0.15, -0.1) is 0 Å². The fraction of sp³-hybridized carbons (Fsp3) is 0.280. The number of ether oxygens (including phenoxy) is 2. The highest BCUT2D eigenvalue weighted by molar-refractivity contribution is 8.00. The van der Waals surface area contributed by atoms with Crippen molar-refractivity contribution >= 4 is 11.8 Å². The molecule has 3 rings (SSSR count). The van der Waals surface area contributed by atoms with Gasteiger partial charge in [-0.2, -0.15) is 43.9 Å². The van der Waals surface area contributed by atoms with E-state index in [-0.39, 0.29) is 39.3 Å². The molecule has 0 spiro atoms. The highest BCUT2D eigenvalue weighted by Gasteiger charge is 2.44. The second kappa shape index (κ2) is 12.6. The van der Waals surface area contributed by atoms with Crippen LogP contribution in [0.1, 0.15) is 17.2 Å². The molecular weight excluding hydrogens is 584 g/mol. The zero-order valence-corrected chi connectivity index (χ0v) is 20.6. The van der Waals surface area contributed by atoms with E-state index in [1.54, 1.807) is 0 Å². The molecule has 2 atom stereocenters. The smallest absolute Gasteiger partial charge is 0.457 e. The average Bonchev–Trinajstić information content (AvgIpc) is 2.83. The Kier molecular flexibility index (Phi) is 9.85. The molecule has 0 bridgehead atoms. The summed E-state index contributed by atoms with van der Waals surface area (Å²) in [6.07, 6.45) is -16.8. The normalized spacial score (nSPS) is 14.2. The third-order valence-electron chi connectivity index (χ3n) is 5.06. The van der Waals surface area contributed by atoms with Crippen LogP contribution in [-0.4, -0.2) is 42.0 Å². The van der Waals surface area contributed by atoms with Crippen molar-refractivity contribution < 1.29 is 58.5 Å². The summed E-state index contributed by atoms with van der Waals surface area (Å²) in [7, 11) is 0. The number of nitrogens with one attached hydrogen (secondary N) is 1.